The number of carbonyl (C=O) groups is 1. The highest BCUT2D eigenvalue weighted by Crippen LogP contribution is 2.36. The molecule has 2 heterocycles. The van der Waals surface area contributed by atoms with Crippen LogP contribution in [0, 0.1) is 13.8 Å². The summed E-state index contributed by atoms with van der Waals surface area (Å²) in [5, 5.41) is 7.62. The van der Waals surface area contributed by atoms with Crippen LogP contribution >= 0.6 is 0 Å². The Morgan fingerprint density at radius 2 is 1.93 bits per heavy atom. The molecule has 1 aliphatic carbocycles. The van der Waals surface area contributed by atoms with E-state index in [4.69, 9.17) is 4.74 Å². The van der Waals surface area contributed by atoms with Crippen LogP contribution < -0.4 is 5.32 Å². The van der Waals surface area contributed by atoms with Gasteiger partial charge in [-0.25, -0.2) is 0 Å². The Balaban J connectivity index is 1.48. The summed E-state index contributed by atoms with van der Waals surface area (Å²) in [6.45, 7) is 6.20. The highest BCUT2D eigenvalue weighted by atomic mass is 16.5. The maximum Gasteiger partial charge on any atom is 0.251 e. The number of aryl methyl sites for hydroxylation is 2. The molecule has 1 aromatic heterocycles. The number of nitrogens with zero attached hydrogens (tertiary/aromatic N) is 3. The van der Waals surface area contributed by atoms with Crippen LogP contribution in [0.5, 0.6) is 0 Å². The molecule has 1 amide bonds. The van der Waals surface area contributed by atoms with E-state index in [9.17, 15) is 4.79 Å². The van der Waals surface area contributed by atoms with E-state index >= 15 is 0 Å². The van der Waals surface area contributed by atoms with Crippen molar-refractivity contribution in [2.75, 3.05) is 19.7 Å². The third kappa shape index (κ3) is 4.30. The zero-order valence-corrected chi connectivity index (χ0v) is 18.4. The molecule has 2 aromatic rings. The van der Waals surface area contributed by atoms with Gasteiger partial charge in [0, 0.05) is 31.9 Å². The first-order chi connectivity index (χ1) is 14.6. The summed E-state index contributed by atoms with van der Waals surface area (Å²) in [5.74, 6) is -0.00857. The zero-order chi connectivity index (χ0) is 21.1. The van der Waals surface area contributed by atoms with Crippen molar-refractivity contribution >= 4 is 5.91 Å². The van der Waals surface area contributed by atoms with E-state index in [0.717, 1.165) is 24.4 Å². The Bertz CT molecular complexity index is 858. The molecule has 2 atom stereocenters. The van der Waals surface area contributed by atoms with Gasteiger partial charge in [0.05, 0.1) is 18.3 Å². The first-order valence-electron chi connectivity index (χ1n) is 11.3. The van der Waals surface area contributed by atoms with Crippen LogP contribution in [0.4, 0.5) is 0 Å². The highest BCUT2D eigenvalue weighted by Gasteiger charge is 2.41. The van der Waals surface area contributed by atoms with Crippen LogP contribution in [0.3, 0.4) is 0 Å². The lowest BCUT2D eigenvalue weighted by molar-refractivity contribution is -0.148. The van der Waals surface area contributed by atoms with Gasteiger partial charge in [-0.3, -0.25) is 14.4 Å². The Morgan fingerprint density at radius 3 is 2.60 bits per heavy atom. The second-order valence-electron chi connectivity index (χ2n) is 8.64. The van der Waals surface area contributed by atoms with Crippen molar-refractivity contribution in [1.29, 1.82) is 0 Å². The number of ether oxygens (including phenoxy) is 1. The SMILES string of the molecule is Cc1nn(C)c(C)c1CCNC(=O)[C@@H]1OCCN(C2CCCC2)[C@H]1c1ccccc1. The summed E-state index contributed by atoms with van der Waals surface area (Å²) < 4.78 is 7.99. The van der Waals surface area contributed by atoms with Gasteiger partial charge in [-0.2, -0.15) is 5.10 Å². The predicted molar refractivity (Wildman–Crippen MR) is 117 cm³/mol. The number of morpholine rings is 1. The number of hydrogen-bond acceptors (Lipinski definition) is 4. The van der Waals surface area contributed by atoms with Crippen molar-refractivity contribution in [2.24, 2.45) is 7.05 Å². The molecule has 0 unspecified atom stereocenters. The van der Waals surface area contributed by atoms with Gasteiger partial charge in [-0.05, 0) is 44.2 Å². The van der Waals surface area contributed by atoms with Gasteiger partial charge >= 0.3 is 0 Å². The number of carbonyl (C=O) groups excluding carboxylic acids is 1. The molecular weight excluding hydrogens is 376 g/mol. The summed E-state index contributed by atoms with van der Waals surface area (Å²) in [6, 6.07) is 10.9. The minimum absolute atomic E-state index is 0.00857. The summed E-state index contributed by atoms with van der Waals surface area (Å²) in [6.07, 6.45) is 5.31. The number of rotatable bonds is 6. The van der Waals surface area contributed by atoms with Gasteiger partial charge in [-0.1, -0.05) is 43.2 Å². The fraction of sp³-hybridized carbons (Fsp3) is 0.583. The second-order valence-corrected chi connectivity index (χ2v) is 8.64. The van der Waals surface area contributed by atoms with Crippen molar-refractivity contribution in [2.45, 2.75) is 64.1 Å². The quantitative estimate of drug-likeness (QED) is 0.795. The van der Waals surface area contributed by atoms with Gasteiger partial charge in [0.15, 0.2) is 6.10 Å². The average Bonchev–Trinajstić information content (AvgIpc) is 3.38. The van der Waals surface area contributed by atoms with Crippen molar-refractivity contribution in [3.8, 4) is 0 Å². The molecule has 1 N–H and O–H groups in total. The van der Waals surface area contributed by atoms with E-state index in [0.29, 0.717) is 19.2 Å². The lowest BCUT2D eigenvalue weighted by Crippen LogP contribution is -2.54. The van der Waals surface area contributed by atoms with E-state index in [-0.39, 0.29) is 11.9 Å². The number of hydrogen-bond donors (Lipinski definition) is 1. The van der Waals surface area contributed by atoms with Crippen molar-refractivity contribution < 1.29 is 9.53 Å². The Kier molecular flexibility index (Phi) is 6.54. The van der Waals surface area contributed by atoms with Crippen molar-refractivity contribution in [3.05, 3.63) is 52.8 Å². The van der Waals surface area contributed by atoms with Gasteiger partial charge in [0.2, 0.25) is 0 Å². The molecule has 0 radical (unpaired) electrons. The minimum Gasteiger partial charge on any atom is -0.365 e. The molecule has 2 aliphatic rings. The lowest BCUT2D eigenvalue weighted by Gasteiger charge is -2.44. The molecule has 6 nitrogen and oxygen atoms in total. The number of aromatic nitrogens is 2. The molecule has 0 bridgehead atoms. The van der Waals surface area contributed by atoms with Crippen LogP contribution in [0.1, 0.15) is 54.2 Å². The van der Waals surface area contributed by atoms with Crippen LogP contribution in [0.15, 0.2) is 30.3 Å². The first kappa shape index (κ1) is 21.1. The van der Waals surface area contributed by atoms with E-state index in [1.165, 1.54) is 36.8 Å². The highest BCUT2D eigenvalue weighted by molar-refractivity contribution is 5.82. The summed E-state index contributed by atoms with van der Waals surface area (Å²) in [5.41, 5.74) is 4.58. The molecule has 1 saturated carbocycles. The van der Waals surface area contributed by atoms with E-state index in [1.54, 1.807) is 0 Å². The fourth-order valence-corrected chi connectivity index (χ4v) is 5.16. The molecular formula is C24H34N4O2. The van der Waals surface area contributed by atoms with E-state index in [1.807, 2.05) is 24.7 Å². The topological polar surface area (TPSA) is 59.4 Å². The molecule has 1 saturated heterocycles. The Hall–Kier alpha value is -2.18. The van der Waals surface area contributed by atoms with E-state index in [2.05, 4.69) is 46.5 Å². The summed E-state index contributed by atoms with van der Waals surface area (Å²) >= 11 is 0. The van der Waals surface area contributed by atoms with Gasteiger partial charge in [-0.15, -0.1) is 0 Å². The maximum absolute atomic E-state index is 13.2. The molecule has 2 fully saturated rings. The molecule has 30 heavy (non-hydrogen) atoms. The smallest absolute Gasteiger partial charge is 0.251 e. The standard InChI is InChI=1S/C24H34N4O2/c1-17-21(18(2)27(3)26-17)13-14-25-24(29)23-22(19-9-5-4-6-10-19)28(15-16-30-23)20-11-7-8-12-20/h4-6,9-10,20,22-23H,7-8,11-16H2,1-3H3,(H,25,29)/t22-,23+/m0/s1. The van der Waals surface area contributed by atoms with Crippen molar-refractivity contribution in [1.82, 2.24) is 20.0 Å². The fourth-order valence-electron chi connectivity index (χ4n) is 5.16. The Morgan fingerprint density at radius 1 is 1.20 bits per heavy atom. The molecule has 4 rings (SSSR count). The number of amides is 1. The summed E-state index contributed by atoms with van der Waals surface area (Å²) in [7, 11) is 1.96. The predicted octanol–water partition coefficient (Wildman–Crippen LogP) is 3.08. The first-order valence-corrected chi connectivity index (χ1v) is 11.3. The molecule has 1 aliphatic heterocycles. The average molecular weight is 411 g/mol. The van der Waals surface area contributed by atoms with Crippen LogP contribution in [0.25, 0.3) is 0 Å². The van der Waals surface area contributed by atoms with Crippen molar-refractivity contribution in [3.63, 3.8) is 0 Å². The molecule has 6 heteroatoms. The monoisotopic (exact) mass is 410 g/mol. The minimum atomic E-state index is -0.474. The third-order valence-electron chi connectivity index (χ3n) is 6.82. The lowest BCUT2D eigenvalue weighted by atomic mass is 9.95. The van der Waals surface area contributed by atoms with Crippen LogP contribution in [-0.4, -0.2) is 52.4 Å². The molecule has 162 valence electrons. The van der Waals surface area contributed by atoms with Gasteiger partial charge < -0.3 is 10.1 Å². The Labute approximate surface area is 179 Å². The normalized spacial score (nSPS) is 23.0. The largest absolute Gasteiger partial charge is 0.365 e. The van der Waals surface area contributed by atoms with Gasteiger partial charge in [0.25, 0.3) is 5.91 Å². The molecule has 1 aromatic carbocycles. The van der Waals surface area contributed by atoms with Gasteiger partial charge in [0.1, 0.15) is 0 Å². The summed E-state index contributed by atoms with van der Waals surface area (Å²) in [4.78, 5) is 15.8. The van der Waals surface area contributed by atoms with Crippen LogP contribution in [0.2, 0.25) is 0 Å². The van der Waals surface area contributed by atoms with Crippen LogP contribution in [-0.2, 0) is 23.0 Å². The number of benzene rings is 1. The molecule has 0 spiro atoms. The van der Waals surface area contributed by atoms with E-state index < -0.39 is 6.10 Å². The second kappa shape index (κ2) is 9.31. The maximum atomic E-state index is 13.2. The zero-order valence-electron chi connectivity index (χ0n) is 18.4. The number of nitrogens with one attached hydrogen (secondary N) is 1. The third-order valence-corrected chi connectivity index (χ3v) is 6.82.